The molecule has 6 heteroatoms. The van der Waals surface area contributed by atoms with Gasteiger partial charge in [-0.15, -0.1) is 0 Å². The largest absolute Gasteiger partial charge is 0.492 e. The minimum Gasteiger partial charge on any atom is -0.492 e. The number of likely N-dealkylation sites (N-methyl/N-ethyl adjacent to an activating group) is 1. The first-order chi connectivity index (χ1) is 13.0. The minimum absolute atomic E-state index is 0.500. The fraction of sp³-hybridized carbons (Fsp3) is 0.667. The third kappa shape index (κ3) is 8.63. The molecule has 0 radical (unpaired) electrons. The molecule has 6 nitrogen and oxygen atoms in total. The van der Waals surface area contributed by atoms with E-state index in [1.807, 2.05) is 24.3 Å². The van der Waals surface area contributed by atoms with Gasteiger partial charge in [-0.2, -0.15) is 0 Å². The molecule has 1 heterocycles. The zero-order valence-corrected chi connectivity index (χ0v) is 17.1. The average Bonchev–Trinajstić information content (AvgIpc) is 2.67. The van der Waals surface area contributed by atoms with E-state index < -0.39 is 0 Å². The Bertz CT molecular complexity index is 571. The highest BCUT2D eigenvalue weighted by Crippen LogP contribution is 2.15. The summed E-state index contributed by atoms with van der Waals surface area (Å²) in [5.74, 6) is 2.04. The lowest BCUT2D eigenvalue weighted by molar-refractivity contribution is 0.0392. The summed E-state index contributed by atoms with van der Waals surface area (Å²) in [5.41, 5.74) is 7.02. The molecule has 0 aromatic heterocycles. The molecule has 0 unspecified atom stereocenters. The molecule has 1 aliphatic heterocycles. The van der Waals surface area contributed by atoms with Crippen molar-refractivity contribution in [3.05, 3.63) is 29.8 Å². The number of ether oxygens (including phenoxy) is 2. The molecule has 0 bridgehead atoms. The van der Waals surface area contributed by atoms with E-state index in [2.05, 4.69) is 36.1 Å². The molecule has 152 valence electrons. The van der Waals surface area contributed by atoms with Gasteiger partial charge < -0.3 is 20.5 Å². The zero-order chi connectivity index (χ0) is 19.5. The predicted octanol–water partition coefficient (Wildman–Crippen LogP) is 2.63. The van der Waals surface area contributed by atoms with Crippen LogP contribution in [-0.2, 0) is 11.3 Å². The Kier molecular flexibility index (Phi) is 9.42. The number of benzene rings is 1. The van der Waals surface area contributed by atoms with Crippen LogP contribution in [0.4, 0.5) is 0 Å². The van der Waals surface area contributed by atoms with Crippen molar-refractivity contribution < 1.29 is 9.47 Å². The maximum Gasteiger partial charge on any atom is 0.188 e. The van der Waals surface area contributed by atoms with Gasteiger partial charge in [-0.3, -0.25) is 4.90 Å². The van der Waals surface area contributed by atoms with E-state index in [1.165, 1.54) is 0 Å². The van der Waals surface area contributed by atoms with Crippen LogP contribution in [0, 0.1) is 5.92 Å². The van der Waals surface area contributed by atoms with Crippen molar-refractivity contribution in [1.29, 1.82) is 0 Å². The van der Waals surface area contributed by atoms with Crippen LogP contribution < -0.4 is 15.8 Å². The molecule has 1 fully saturated rings. The van der Waals surface area contributed by atoms with Gasteiger partial charge in [0.05, 0.1) is 6.54 Å². The van der Waals surface area contributed by atoms with Gasteiger partial charge in [-0.25, -0.2) is 4.99 Å². The monoisotopic (exact) mass is 376 g/mol. The second kappa shape index (κ2) is 11.8. The summed E-state index contributed by atoms with van der Waals surface area (Å²) in [6.45, 7) is 9.14. The molecule has 1 aromatic rings. The fourth-order valence-corrected chi connectivity index (χ4v) is 3.07. The molecule has 0 amide bonds. The highest BCUT2D eigenvalue weighted by Gasteiger charge is 2.17. The van der Waals surface area contributed by atoms with Gasteiger partial charge in [-0.1, -0.05) is 26.0 Å². The van der Waals surface area contributed by atoms with Crippen LogP contribution in [0.3, 0.4) is 0 Å². The lowest BCUT2D eigenvalue weighted by atomic mass is 10.1. The van der Waals surface area contributed by atoms with Crippen molar-refractivity contribution in [2.75, 3.05) is 40.0 Å². The number of hydrogen-bond donors (Lipinski definition) is 2. The Labute approximate surface area is 164 Å². The summed E-state index contributed by atoms with van der Waals surface area (Å²) in [6, 6.07) is 8.69. The molecule has 1 aromatic carbocycles. The van der Waals surface area contributed by atoms with Crippen LogP contribution in [0.5, 0.6) is 5.75 Å². The zero-order valence-electron chi connectivity index (χ0n) is 17.1. The van der Waals surface area contributed by atoms with Gasteiger partial charge in [0.2, 0.25) is 0 Å². The van der Waals surface area contributed by atoms with Crippen molar-refractivity contribution >= 4 is 5.96 Å². The quantitative estimate of drug-likeness (QED) is 0.485. The molecular formula is C21H36N4O2. The normalized spacial score (nSPS) is 16.1. The van der Waals surface area contributed by atoms with Crippen molar-refractivity contribution in [2.45, 2.75) is 45.7 Å². The second-order valence-electron chi connectivity index (χ2n) is 7.63. The molecule has 0 aliphatic carbocycles. The summed E-state index contributed by atoms with van der Waals surface area (Å²) in [5, 5.41) is 3.16. The minimum atomic E-state index is 0.500. The Morgan fingerprint density at radius 2 is 2.15 bits per heavy atom. The molecule has 1 aliphatic rings. The predicted molar refractivity (Wildman–Crippen MR) is 111 cm³/mol. The van der Waals surface area contributed by atoms with Crippen LogP contribution >= 0.6 is 0 Å². The smallest absolute Gasteiger partial charge is 0.188 e. The number of hydrogen-bond acceptors (Lipinski definition) is 4. The second-order valence-corrected chi connectivity index (χ2v) is 7.63. The Hall–Kier alpha value is -1.79. The van der Waals surface area contributed by atoms with Crippen LogP contribution in [0.1, 0.15) is 38.7 Å². The lowest BCUT2D eigenvalue weighted by Crippen LogP contribution is -2.38. The maximum atomic E-state index is 5.94. The van der Waals surface area contributed by atoms with E-state index in [0.717, 1.165) is 56.9 Å². The van der Waals surface area contributed by atoms with E-state index in [1.54, 1.807) is 0 Å². The number of nitrogens with zero attached hydrogens (tertiary/aromatic N) is 2. The Morgan fingerprint density at radius 1 is 1.37 bits per heavy atom. The van der Waals surface area contributed by atoms with Gasteiger partial charge in [0.1, 0.15) is 12.4 Å². The van der Waals surface area contributed by atoms with Crippen molar-refractivity contribution in [3.8, 4) is 5.75 Å². The number of guanidine groups is 1. The average molecular weight is 377 g/mol. The first-order valence-corrected chi connectivity index (χ1v) is 10.1. The molecule has 1 saturated heterocycles. The number of nitrogens with two attached hydrogens (primary N) is 1. The number of aliphatic imine (C=N–C) groups is 1. The molecule has 2 rings (SSSR count). The molecule has 0 saturated carbocycles. The molecule has 0 atom stereocenters. The molecule has 3 N–H and O–H groups in total. The maximum absolute atomic E-state index is 5.94. The van der Waals surface area contributed by atoms with E-state index in [-0.39, 0.29) is 0 Å². The third-order valence-corrected chi connectivity index (χ3v) is 4.89. The topological polar surface area (TPSA) is 72.1 Å². The molecular weight excluding hydrogens is 340 g/mol. The first-order valence-electron chi connectivity index (χ1n) is 10.1. The standard InChI is InChI=1S/C21H36N4O2/c1-17(2)7-10-23-21(22)24-16-18-5-4-6-20(15-18)27-14-11-25(3)19-8-12-26-13-9-19/h4-6,15,17,19H,7-14,16H2,1-3H3,(H3,22,23,24). The van der Waals surface area contributed by atoms with Crippen LogP contribution in [0.2, 0.25) is 0 Å². The van der Waals surface area contributed by atoms with Crippen LogP contribution in [0.25, 0.3) is 0 Å². The first kappa shape index (κ1) is 21.5. The summed E-state index contributed by atoms with van der Waals surface area (Å²) >= 11 is 0. The summed E-state index contributed by atoms with van der Waals surface area (Å²) in [7, 11) is 2.17. The Balaban J connectivity index is 1.72. The van der Waals surface area contributed by atoms with Gasteiger partial charge in [0.25, 0.3) is 0 Å². The van der Waals surface area contributed by atoms with Gasteiger partial charge in [0, 0.05) is 32.3 Å². The van der Waals surface area contributed by atoms with E-state index in [0.29, 0.717) is 31.1 Å². The summed E-state index contributed by atoms with van der Waals surface area (Å²) in [6.07, 6.45) is 3.30. The van der Waals surface area contributed by atoms with Gasteiger partial charge in [0.15, 0.2) is 5.96 Å². The van der Waals surface area contributed by atoms with E-state index >= 15 is 0 Å². The van der Waals surface area contributed by atoms with E-state index in [4.69, 9.17) is 15.2 Å². The lowest BCUT2D eigenvalue weighted by Gasteiger charge is -2.31. The van der Waals surface area contributed by atoms with Gasteiger partial charge in [-0.05, 0) is 49.9 Å². The van der Waals surface area contributed by atoms with Crippen molar-refractivity contribution in [3.63, 3.8) is 0 Å². The third-order valence-electron chi connectivity index (χ3n) is 4.89. The number of rotatable bonds is 10. The van der Waals surface area contributed by atoms with Crippen molar-refractivity contribution in [2.24, 2.45) is 16.6 Å². The SMILES string of the molecule is CC(C)CCNC(N)=NCc1cccc(OCCN(C)C2CCOCC2)c1. The van der Waals surface area contributed by atoms with E-state index in [9.17, 15) is 0 Å². The van der Waals surface area contributed by atoms with Crippen LogP contribution in [0.15, 0.2) is 29.3 Å². The molecule has 27 heavy (non-hydrogen) atoms. The highest BCUT2D eigenvalue weighted by atomic mass is 16.5. The Morgan fingerprint density at radius 3 is 2.89 bits per heavy atom. The van der Waals surface area contributed by atoms with Gasteiger partial charge >= 0.3 is 0 Å². The van der Waals surface area contributed by atoms with Crippen LogP contribution in [-0.4, -0.2) is 56.9 Å². The molecule has 0 spiro atoms. The summed E-state index contributed by atoms with van der Waals surface area (Å²) in [4.78, 5) is 6.78. The van der Waals surface area contributed by atoms with Crippen molar-refractivity contribution in [1.82, 2.24) is 10.2 Å². The summed E-state index contributed by atoms with van der Waals surface area (Å²) < 4.78 is 11.4. The fourth-order valence-electron chi connectivity index (χ4n) is 3.07. The highest BCUT2D eigenvalue weighted by molar-refractivity contribution is 5.77. The number of nitrogens with one attached hydrogen (secondary N) is 1.